The van der Waals surface area contributed by atoms with Crippen molar-refractivity contribution in [2.45, 2.75) is 36.4 Å². The van der Waals surface area contributed by atoms with Crippen LogP contribution in [0.1, 0.15) is 18.7 Å². The van der Waals surface area contributed by atoms with E-state index in [0.717, 1.165) is 48.0 Å². The van der Waals surface area contributed by atoms with Gasteiger partial charge in [0.2, 0.25) is 11.7 Å². The van der Waals surface area contributed by atoms with E-state index in [1.54, 1.807) is 11.8 Å². The third kappa shape index (κ3) is 4.54. The van der Waals surface area contributed by atoms with Crippen LogP contribution in [0.5, 0.6) is 0 Å². The fourth-order valence-electron chi connectivity index (χ4n) is 3.67. The summed E-state index contributed by atoms with van der Waals surface area (Å²) in [6.45, 7) is 1.61. The Morgan fingerprint density at radius 3 is 2.74 bits per heavy atom. The van der Waals surface area contributed by atoms with Gasteiger partial charge in [-0.1, -0.05) is 71.0 Å². The van der Waals surface area contributed by atoms with Crippen molar-refractivity contribution < 1.29 is 9.26 Å². The maximum Gasteiger partial charge on any atom is 0.237 e. The molecule has 0 unspecified atom stereocenters. The first-order valence-electron chi connectivity index (χ1n) is 10.2. The smallest absolute Gasteiger partial charge is 0.237 e. The number of aromatic nitrogens is 4. The Balaban J connectivity index is 1.37. The van der Waals surface area contributed by atoms with Gasteiger partial charge in [0, 0.05) is 12.2 Å². The van der Waals surface area contributed by atoms with Crippen LogP contribution in [-0.2, 0) is 17.0 Å². The molecular formula is C23H21ClN4O2S. The summed E-state index contributed by atoms with van der Waals surface area (Å²) in [5.41, 5.74) is 2.98. The zero-order chi connectivity index (χ0) is 21.0. The molecule has 0 saturated carbocycles. The van der Waals surface area contributed by atoms with Crippen LogP contribution in [0.4, 0.5) is 0 Å². The summed E-state index contributed by atoms with van der Waals surface area (Å²) in [5, 5.41) is 5.60. The van der Waals surface area contributed by atoms with Crippen LogP contribution in [0.15, 0.2) is 70.5 Å². The van der Waals surface area contributed by atoms with Crippen molar-refractivity contribution >= 4 is 23.4 Å². The van der Waals surface area contributed by atoms with Crippen molar-refractivity contribution in [3.8, 4) is 22.6 Å². The van der Waals surface area contributed by atoms with Crippen LogP contribution < -0.4 is 0 Å². The highest BCUT2D eigenvalue weighted by atomic mass is 35.5. The van der Waals surface area contributed by atoms with Gasteiger partial charge in [-0.05, 0) is 30.5 Å². The van der Waals surface area contributed by atoms with Gasteiger partial charge in [-0.25, -0.2) is 4.98 Å². The van der Waals surface area contributed by atoms with Gasteiger partial charge in [-0.2, -0.15) is 4.98 Å². The maximum atomic E-state index is 6.25. The summed E-state index contributed by atoms with van der Waals surface area (Å²) in [7, 11) is 0. The van der Waals surface area contributed by atoms with E-state index >= 15 is 0 Å². The van der Waals surface area contributed by atoms with Gasteiger partial charge in [-0.15, -0.1) is 0 Å². The number of ether oxygens (including phenoxy) is 1. The van der Waals surface area contributed by atoms with Crippen molar-refractivity contribution in [3.63, 3.8) is 0 Å². The molecule has 0 radical (unpaired) electrons. The van der Waals surface area contributed by atoms with Gasteiger partial charge >= 0.3 is 0 Å². The number of halogens is 1. The molecule has 2 aromatic carbocycles. The SMILES string of the molecule is Clc1ccccc1-c1noc(CSc2ncc(-c3ccccc3)n2C[C@H]2CCCO2)n1. The van der Waals surface area contributed by atoms with Crippen LogP contribution in [0.2, 0.25) is 5.02 Å². The highest BCUT2D eigenvalue weighted by Crippen LogP contribution is 2.31. The van der Waals surface area contributed by atoms with E-state index in [9.17, 15) is 0 Å². The molecule has 31 heavy (non-hydrogen) atoms. The zero-order valence-electron chi connectivity index (χ0n) is 16.8. The molecular weight excluding hydrogens is 432 g/mol. The average molecular weight is 453 g/mol. The third-order valence-electron chi connectivity index (χ3n) is 5.21. The Morgan fingerprint density at radius 2 is 1.94 bits per heavy atom. The Hall–Kier alpha value is -2.61. The second-order valence-electron chi connectivity index (χ2n) is 7.32. The highest BCUT2D eigenvalue weighted by Gasteiger charge is 2.21. The molecule has 2 aromatic heterocycles. The number of benzene rings is 2. The fourth-order valence-corrected chi connectivity index (χ4v) is 4.72. The van der Waals surface area contributed by atoms with Crippen LogP contribution >= 0.6 is 23.4 Å². The molecule has 0 spiro atoms. The Morgan fingerprint density at radius 1 is 1.10 bits per heavy atom. The van der Waals surface area contributed by atoms with E-state index in [1.165, 1.54) is 0 Å². The van der Waals surface area contributed by atoms with Crippen molar-refractivity contribution in [1.29, 1.82) is 0 Å². The molecule has 1 saturated heterocycles. The van der Waals surface area contributed by atoms with Gasteiger partial charge in [0.25, 0.3) is 0 Å². The van der Waals surface area contributed by atoms with Crippen LogP contribution in [-0.4, -0.2) is 32.4 Å². The monoisotopic (exact) mass is 452 g/mol. The molecule has 1 atom stereocenters. The molecule has 0 bridgehead atoms. The summed E-state index contributed by atoms with van der Waals surface area (Å²) in [4.78, 5) is 9.20. The summed E-state index contributed by atoms with van der Waals surface area (Å²) >= 11 is 7.83. The second-order valence-corrected chi connectivity index (χ2v) is 8.67. The quantitative estimate of drug-likeness (QED) is 0.334. The van der Waals surface area contributed by atoms with Crippen LogP contribution in [0, 0.1) is 0 Å². The summed E-state index contributed by atoms with van der Waals surface area (Å²) in [6, 6.07) is 17.8. The average Bonchev–Trinajstić information content (AvgIpc) is 3.55. The Labute approximate surface area is 189 Å². The number of nitrogens with zero attached hydrogens (tertiary/aromatic N) is 4. The molecule has 158 valence electrons. The summed E-state index contributed by atoms with van der Waals surface area (Å²) in [5.74, 6) is 1.55. The number of hydrogen-bond donors (Lipinski definition) is 0. The zero-order valence-corrected chi connectivity index (χ0v) is 18.4. The Kier molecular flexibility index (Phi) is 6.06. The van der Waals surface area contributed by atoms with Crippen LogP contribution in [0.3, 0.4) is 0 Å². The maximum absolute atomic E-state index is 6.25. The lowest BCUT2D eigenvalue weighted by molar-refractivity contribution is 0.0954. The van der Waals surface area contributed by atoms with Crippen molar-refractivity contribution in [2.24, 2.45) is 0 Å². The normalized spacial score (nSPS) is 16.1. The third-order valence-corrected chi connectivity index (χ3v) is 6.51. The number of imidazole rings is 1. The molecule has 0 aliphatic carbocycles. The number of thioether (sulfide) groups is 1. The molecule has 3 heterocycles. The van der Waals surface area contributed by atoms with Gasteiger partial charge in [0.1, 0.15) is 0 Å². The summed E-state index contributed by atoms with van der Waals surface area (Å²) < 4.78 is 13.6. The van der Waals surface area contributed by atoms with Gasteiger partial charge in [0.05, 0.1) is 35.3 Å². The Bertz CT molecular complexity index is 1160. The van der Waals surface area contributed by atoms with E-state index in [0.29, 0.717) is 22.5 Å². The standard InChI is InChI=1S/C23H21ClN4O2S/c24-19-11-5-4-10-18(19)22-26-21(30-27-22)15-31-23-25-13-20(16-7-2-1-3-8-16)28(23)14-17-9-6-12-29-17/h1-5,7-8,10-11,13,17H,6,9,12,14-15H2/t17-/m1/s1. The first-order valence-corrected chi connectivity index (χ1v) is 11.6. The van der Waals surface area contributed by atoms with E-state index in [2.05, 4.69) is 31.8 Å². The molecule has 0 N–H and O–H groups in total. The fraction of sp³-hybridized carbons (Fsp3) is 0.261. The minimum absolute atomic E-state index is 0.214. The van der Waals surface area contributed by atoms with E-state index in [4.69, 9.17) is 20.9 Å². The second kappa shape index (κ2) is 9.26. The van der Waals surface area contributed by atoms with Crippen molar-refractivity contribution in [3.05, 3.63) is 71.7 Å². The lowest BCUT2D eigenvalue weighted by atomic mass is 10.1. The molecule has 4 aromatic rings. The summed E-state index contributed by atoms with van der Waals surface area (Å²) in [6.07, 6.45) is 4.32. The number of hydrogen-bond acceptors (Lipinski definition) is 6. The molecule has 1 aliphatic rings. The first kappa shape index (κ1) is 20.3. The van der Waals surface area contributed by atoms with E-state index < -0.39 is 0 Å². The topological polar surface area (TPSA) is 66.0 Å². The molecule has 0 amide bonds. The minimum Gasteiger partial charge on any atom is -0.376 e. The lowest BCUT2D eigenvalue weighted by Crippen LogP contribution is -2.16. The molecule has 6 nitrogen and oxygen atoms in total. The van der Waals surface area contributed by atoms with E-state index in [1.807, 2.05) is 48.7 Å². The first-order chi connectivity index (χ1) is 15.3. The molecule has 1 aliphatic heterocycles. The highest BCUT2D eigenvalue weighted by molar-refractivity contribution is 7.98. The van der Waals surface area contributed by atoms with Gasteiger partial charge in [0.15, 0.2) is 5.16 Å². The van der Waals surface area contributed by atoms with Gasteiger partial charge < -0.3 is 13.8 Å². The molecule has 8 heteroatoms. The molecule has 1 fully saturated rings. The predicted molar refractivity (Wildman–Crippen MR) is 121 cm³/mol. The number of rotatable bonds is 7. The van der Waals surface area contributed by atoms with Crippen molar-refractivity contribution in [1.82, 2.24) is 19.7 Å². The molecule has 5 rings (SSSR count). The minimum atomic E-state index is 0.214. The largest absolute Gasteiger partial charge is 0.376 e. The van der Waals surface area contributed by atoms with Gasteiger partial charge in [-0.3, -0.25) is 0 Å². The predicted octanol–water partition coefficient (Wildman–Crippen LogP) is 5.72. The lowest BCUT2D eigenvalue weighted by Gasteiger charge is -2.15. The van der Waals surface area contributed by atoms with Crippen LogP contribution in [0.25, 0.3) is 22.6 Å². The van der Waals surface area contributed by atoms with Crippen molar-refractivity contribution in [2.75, 3.05) is 6.61 Å². The van der Waals surface area contributed by atoms with E-state index in [-0.39, 0.29) is 6.10 Å².